The van der Waals surface area contributed by atoms with Gasteiger partial charge in [-0.3, -0.25) is 14.2 Å². The number of benzene rings is 2. The molecule has 0 bridgehead atoms. The summed E-state index contributed by atoms with van der Waals surface area (Å²) < 4.78 is 30.5. The van der Waals surface area contributed by atoms with Crippen LogP contribution in [0.25, 0.3) is 10.2 Å². The number of fused-ring (bicyclic) bond motifs is 1. The highest BCUT2D eigenvalue weighted by Crippen LogP contribution is 2.24. The Kier molecular flexibility index (Phi) is 4.33. The van der Waals surface area contributed by atoms with Gasteiger partial charge in [-0.15, -0.1) is 0 Å². The van der Waals surface area contributed by atoms with Crippen LogP contribution in [-0.2, 0) is 23.5 Å². The number of aromatic amines is 1. The molecular formula is C18H16N4O3S2. The number of hydrogen-bond donors (Lipinski definition) is 2. The van der Waals surface area contributed by atoms with E-state index in [1.807, 2.05) is 30.3 Å². The minimum Gasteiger partial charge on any atom is -0.312 e. The van der Waals surface area contributed by atoms with Gasteiger partial charge in [-0.05, 0) is 23.8 Å². The molecule has 2 aromatic carbocycles. The van der Waals surface area contributed by atoms with Gasteiger partial charge < -0.3 is 4.98 Å². The molecule has 0 atom stereocenters. The molecule has 138 valence electrons. The number of rotatable bonds is 5. The summed E-state index contributed by atoms with van der Waals surface area (Å²) >= 11 is 0.978. The van der Waals surface area contributed by atoms with Crippen molar-refractivity contribution in [3.05, 3.63) is 75.7 Å². The number of thiazole rings is 1. The second-order valence-corrected chi connectivity index (χ2v) is 8.77. The van der Waals surface area contributed by atoms with Crippen molar-refractivity contribution in [3.63, 3.8) is 0 Å². The van der Waals surface area contributed by atoms with E-state index < -0.39 is 10.0 Å². The number of anilines is 1. The first-order valence-electron chi connectivity index (χ1n) is 8.13. The third kappa shape index (κ3) is 3.51. The first kappa shape index (κ1) is 17.5. The second-order valence-electron chi connectivity index (χ2n) is 6.07. The van der Waals surface area contributed by atoms with E-state index in [9.17, 15) is 13.2 Å². The van der Waals surface area contributed by atoms with Crippen molar-refractivity contribution in [2.45, 2.75) is 11.3 Å². The number of H-pyrrole nitrogens is 1. The fourth-order valence-electron chi connectivity index (χ4n) is 2.84. The quantitative estimate of drug-likeness (QED) is 0.538. The van der Waals surface area contributed by atoms with Crippen molar-refractivity contribution in [1.29, 1.82) is 0 Å². The summed E-state index contributed by atoms with van der Waals surface area (Å²) in [6.45, 7) is 0. The van der Waals surface area contributed by atoms with E-state index in [0.717, 1.165) is 22.6 Å². The number of hydrogen-bond acceptors (Lipinski definition) is 5. The van der Waals surface area contributed by atoms with Gasteiger partial charge in [0.25, 0.3) is 10.0 Å². The monoisotopic (exact) mass is 400 g/mol. The van der Waals surface area contributed by atoms with Crippen molar-refractivity contribution >= 4 is 37.3 Å². The van der Waals surface area contributed by atoms with Crippen LogP contribution in [0, 0.1) is 0 Å². The fourth-order valence-corrected chi connectivity index (χ4v) is 4.79. The molecule has 0 aliphatic rings. The number of aromatic nitrogens is 3. The molecule has 0 radical (unpaired) electrons. The number of nitrogens with one attached hydrogen (secondary N) is 2. The lowest BCUT2D eigenvalue weighted by Crippen LogP contribution is -2.14. The molecule has 2 heterocycles. The molecule has 0 amide bonds. The van der Waals surface area contributed by atoms with Crippen molar-refractivity contribution in [2.24, 2.45) is 7.05 Å². The van der Waals surface area contributed by atoms with Gasteiger partial charge in [0.15, 0.2) is 0 Å². The Morgan fingerprint density at radius 1 is 1.19 bits per heavy atom. The predicted molar refractivity (Wildman–Crippen MR) is 106 cm³/mol. The van der Waals surface area contributed by atoms with Crippen LogP contribution in [0.3, 0.4) is 0 Å². The van der Waals surface area contributed by atoms with E-state index in [-0.39, 0.29) is 9.77 Å². The largest absolute Gasteiger partial charge is 0.312 e. The normalized spacial score (nSPS) is 11.7. The number of aryl methyl sites for hydroxylation is 1. The smallest absolute Gasteiger partial charge is 0.305 e. The maximum absolute atomic E-state index is 12.8. The van der Waals surface area contributed by atoms with E-state index in [0.29, 0.717) is 22.3 Å². The van der Waals surface area contributed by atoms with Crippen molar-refractivity contribution in [3.8, 4) is 0 Å². The lowest BCUT2D eigenvalue weighted by atomic mass is 10.1. The van der Waals surface area contributed by atoms with Crippen LogP contribution < -0.4 is 9.60 Å². The molecule has 0 saturated heterocycles. The first-order chi connectivity index (χ1) is 12.9. The zero-order valence-corrected chi connectivity index (χ0v) is 16.0. The average Bonchev–Trinajstić information content (AvgIpc) is 3.17. The molecule has 0 saturated carbocycles. The van der Waals surface area contributed by atoms with Crippen molar-refractivity contribution in [2.75, 3.05) is 4.72 Å². The van der Waals surface area contributed by atoms with Crippen molar-refractivity contribution < 1.29 is 8.42 Å². The van der Waals surface area contributed by atoms with Crippen LogP contribution in [0.5, 0.6) is 0 Å². The van der Waals surface area contributed by atoms with E-state index in [1.54, 1.807) is 17.8 Å². The maximum atomic E-state index is 12.8. The fraction of sp³-hybridized carbons (Fsp3) is 0.111. The first-order valence-corrected chi connectivity index (χ1v) is 10.4. The predicted octanol–water partition coefficient (Wildman–Crippen LogP) is 2.71. The Labute approximate surface area is 159 Å². The van der Waals surface area contributed by atoms with Crippen LogP contribution in [0.1, 0.15) is 11.3 Å². The maximum Gasteiger partial charge on any atom is 0.305 e. The molecule has 4 aromatic rings. The summed E-state index contributed by atoms with van der Waals surface area (Å²) in [6.07, 6.45) is 2.05. The second kappa shape index (κ2) is 6.67. The van der Waals surface area contributed by atoms with Crippen LogP contribution in [-0.4, -0.2) is 23.2 Å². The number of sulfonamides is 1. The molecule has 0 spiro atoms. The summed E-state index contributed by atoms with van der Waals surface area (Å²) in [5.74, 6) is 0. The van der Waals surface area contributed by atoms with Gasteiger partial charge >= 0.3 is 4.87 Å². The van der Waals surface area contributed by atoms with Gasteiger partial charge in [0, 0.05) is 13.5 Å². The molecule has 2 N–H and O–H groups in total. The molecule has 0 unspecified atom stereocenters. The Balaban J connectivity index is 1.67. The minimum atomic E-state index is -3.81. The summed E-state index contributed by atoms with van der Waals surface area (Å²) in [4.78, 5) is 14.0. The lowest BCUT2D eigenvalue weighted by Gasteiger charge is -2.10. The molecule has 0 fully saturated rings. The molecule has 7 nitrogen and oxygen atoms in total. The minimum absolute atomic E-state index is 0.0970. The third-order valence-corrected chi connectivity index (χ3v) is 6.43. The molecule has 2 aromatic heterocycles. The number of nitrogens with zero attached hydrogens (tertiary/aromatic N) is 2. The average molecular weight is 400 g/mol. The molecular weight excluding hydrogens is 384 g/mol. The zero-order valence-electron chi connectivity index (χ0n) is 14.3. The van der Waals surface area contributed by atoms with E-state index in [4.69, 9.17) is 0 Å². The van der Waals surface area contributed by atoms with Crippen LogP contribution in [0.2, 0.25) is 0 Å². The molecule has 0 aliphatic carbocycles. The summed E-state index contributed by atoms with van der Waals surface area (Å²) in [5, 5.41) is 4.19. The zero-order chi connectivity index (χ0) is 19.0. The summed E-state index contributed by atoms with van der Waals surface area (Å²) in [6, 6.07) is 14.3. The van der Waals surface area contributed by atoms with Gasteiger partial charge in [0.2, 0.25) is 0 Å². The van der Waals surface area contributed by atoms with Crippen LogP contribution in [0.15, 0.2) is 64.4 Å². The SMILES string of the molecule is Cn1ncc(NS(=O)(=O)c2ccc3[nH]c(=O)sc3c2)c1Cc1ccccc1. The molecule has 27 heavy (non-hydrogen) atoms. The Morgan fingerprint density at radius 3 is 2.74 bits per heavy atom. The molecule has 9 heteroatoms. The highest BCUT2D eigenvalue weighted by molar-refractivity contribution is 7.92. The van der Waals surface area contributed by atoms with Crippen LogP contribution >= 0.6 is 11.3 Å². The summed E-state index contributed by atoms with van der Waals surface area (Å²) in [7, 11) is -2.03. The Hall–Kier alpha value is -2.91. The Morgan fingerprint density at radius 2 is 1.96 bits per heavy atom. The molecule has 4 rings (SSSR count). The topological polar surface area (TPSA) is 96.8 Å². The standard InChI is InChI=1S/C18H16N4O3S2/c1-22-16(9-12-5-3-2-4-6-12)15(11-19-22)21-27(24,25)13-7-8-14-17(10-13)26-18(23)20-14/h2-8,10-11,21H,9H2,1H3,(H,20,23). The van der Waals surface area contributed by atoms with E-state index in [1.165, 1.54) is 18.3 Å². The van der Waals surface area contributed by atoms with Gasteiger partial charge in [-0.1, -0.05) is 41.7 Å². The highest BCUT2D eigenvalue weighted by atomic mass is 32.2. The summed E-state index contributed by atoms with van der Waals surface area (Å²) in [5.41, 5.74) is 2.87. The van der Waals surface area contributed by atoms with E-state index in [2.05, 4.69) is 14.8 Å². The van der Waals surface area contributed by atoms with Gasteiger partial charge in [-0.25, -0.2) is 8.42 Å². The van der Waals surface area contributed by atoms with Gasteiger partial charge in [-0.2, -0.15) is 5.10 Å². The third-order valence-electron chi connectivity index (χ3n) is 4.22. The highest BCUT2D eigenvalue weighted by Gasteiger charge is 2.19. The van der Waals surface area contributed by atoms with Gasteiger partial charge in [0.05, 0.1) is 32.7 Å². The molecule has 0 aliphatic heterocycles. The Bertz CT molecular complexity index is 1270. The van der Waals surface area contributed by atoms with Crippen LogP contribution in [0.4, 0.5) is 5.69 Å². The van der Waals surface area contributed by atoms with Crippen molar-refractivity contribution in [1.82, 2.24) is 14.8 Å². The van der Waals surface area contributed by atoms with Gasteiger partial charge in [0.1, 0.15) is 0 Å². The lowest BCUT2D eigenvalue weighted by molar-refractivity contribution is 0.601. The van der Waals surface area contributed by atoms with E-state index >= 15 is 0 Å².